The van der Waals surface area contributed by atoms with Gasteiger partial charge in [-0.3, -0.25) is 4.79 Å². The number of carbonyl (C=O) groups excluding carboxylic acids is 1. The fraction of sp³-hybridized carbons (Fsp3) is 0.286. The number of hydrogen-bond donors (Lipinski definition) is 1. The molecule has 0 radical (unpaired) electrons. The summed E-state index contributed by atoms with van der Waals surface area (Å²) in [5.74, 6) is -0.00124. The van der Waals surface area contributed by atoms with Crippen molar-refractivity contribution in [3.05, 3.63) is 59.3 Å². The highest BCUT2D eigenvalue weighted by Gasteiger charge is 2.19. The predicted octanol–water partition coefficient (Wildman–Crippen LogP) is 4.48. The van der Waals surface area contributed by atoms with Crippen LogP contribution in [0.15, 0.2) is 52.9 Å². The van der Waals surface area contributed by atoms with Crippen LogP contribution in [0.5, 0.6) is 0 Å². The van der Waals surface area contributed by atoms with Crippen LogP contribution >= 0.6 is 11.6 Å². The fourth-order valence-corrected chi connectivity index (χ4v) is 3.73. The molecule has 1 aromatic heterocycles. The molecule has 27 heavy (non-hydrogen) atoms. The minimum absolute atomic E-state index is 0.284. The number of furan rings is 1. The van der Waals surface area contributed by atoms with Crippen LogP contribution in [0, 0.1) is 0 Å². The van der Waals surface area contributed by atoms with Gasteiger partial charge in [0, 0.05) is 37.3 Å². The maximum Gasteiger partial charge on any atom is 0.291 e. The van der Waals surface area contributed by atoms with E-state index in [0.29, 0.717) is 16.3 Å². The highest BCUT2D eigenvalue weighted by molar-refractivity contribution is 6.33. The number of para-hydroxylation sites is 1. The third kappa shape index (κ3) is 3.80. The Balaban J connectivity index is 1.46. The number of amides is 1. The summed E-state index contributed by atoms with van der Waals surface area (Å²) in [6, 6.07) is 14.9. The number of anilines is 2. The number of piperazine rings is 1. The molecule has 1 amide bonds. The Hall–Kier alpha value is -2.50. The SMILES string of the molecule is CCN1CCN(c2ccc(NC(=O)c3cc4ccccc4o3)cc2Cl)CC1. The number of nitrogens with zero attached hydrogens (tertiary/aromatic N) is 2. The van der Waals surface area contributed by atoms with Crippen molar-refractivity contribution in [2.75, 3.05) is 42.9 Å². The van der Waals surface area contributed by atoms with E-state index in [1.165, 1.54) is 0 Å². The Labute approximate surface area is 163 Å². The van der Waals surface area contributed by atoms with Crippen LogP contribution in [-0.4, -0.2) is 43.5 Å². The molecular formula is C21H22ClN3O2. The first-order chi connectivity index (χ1) is 13.1. The van der Waals surface area contributed by atoms with Crippen molar-refractivity contribution in [3.63, 3.8) is 0 Å². The van der Waals surface area contributed by atoms with Gasteiger partial charge in [0.25, 0.3) is 5.91 Å². The molecule has 3 aromatic rings. The molecule has 0 bridgehead atoms. The summed E-state index contributed by atoms with van der Waals surface area (Å²) in [6.07, 6.45) is 0. The van der Waals surface area contributed by atoms with E-state index in [-0.39, 0.29) is 11.7 Å². The van der Waals surface area contributed by atoms with Crippen LogP contribution in [0.25, 0.3) is 11.0 Å². The number of nitrogens with one attached hydrogen (secondary N) is 1. The van der Waals surface area contributed by atoms with Crippen molar-refractivity contribution >= 4 is 39.9 Å². The molecule has 1 N–H and O–H groups in total. The molecule has 6 heteroatoms. The zero-order chi connectivity index (χ0) is 18.8. The normalized spacial score (nSPS) is 15.3. The van der Waals surface area contributed by atoms with Crippen LogP contribution in [0.3, 0.4) is 0 Å². The Kier molecular flexibility index (Phi) is 5.05. The van der Waals surface area contributed by atoms with Crippen LogP contribution in [0.1, 0.15) is 17.5 Å². The summed E-state index contributed by atoms with van der Waals surface area (Å²) in [5.41, 5.74) is 2.36. The van der Waals surface area contributed by atoms with Crippen molar-refractivity contribution in [1.82, 2.24) is 4.90 Å². The van der Waals surface area contributed by atoms with E-state index in [1.54, 1.807) is 12.1 Å². The molecule has 2 heterocycles. The van der Waals surface area contributed by atoms with Gasteiger partial charge in [-0.05, 0) is 36.9 Å². The first kappa shape index (κ1) is 17.9. The number of fused-ring (bicyclic) bond motifs is 1. The van der Waals surface area contributed by atoms with E-state index in [1.807, 2.05) is 36.4 Å². The smallest absolute Gasteiger partial charge is 0.291 e. The predicted molar refractivity (Wildman–Crippen MR) is 110 cm³/mol. The van der Waals surface area contributed by atoms with Crippen LogP contribution < -0.4 is 10.2 Å². The molecule has 2 aromatic carbocycles. The van der Waals surface area contributed by atoms with Gasteiger partial charge < -0.3 is 19.5 Å². The first-order valence-corrected chi connectivity index (χ1v) is 9.58. The lowest BCUT2D eigenvalue weighted by Gasteiger charge is -2.36. The van der Waals surface area contributed by atoms with Crippen molar-refractivity contribution in [2.45, 2.75) is 6.92 Å². The van der Waals surface area contributed by atoms with Gasteiger partial charge in [-0.2, -0.15) is 0 Å². The molecule has 1 aliphatic rings. The van der Waals surface area contributed by atoms with Crippen LogP contribution in [-0.2, 0) is 0 Å². The van der Waals surface area contributed by atoms with Crippen LogP contribution in [0.2, 0.25) is 5.02 Å². The highest BCUT2D eigenvalue weighted by Crippen LogP contribution is 2.30. The molecule has 0 unspecified atom stereocenters. The van der Waals surface area contributed by atoms with Crippen molar-refractivity contribution in [1.29, 1.82) is 0 Å². The number of halogens is 1. The lowest BCUT2D eigenvalue weighted by molar-refractivity contribution is 0.0998. The molecule has 0 aliphatic carbocycles. The largest absolute Gasteiger partial charge is 0.451 e. The number of hydrogen-bond acceptors (Lipinski definition) is 4. The molecule has 1 fully saturated rings. The second-order valence-corrected chi connectivity index (χ2v) is 7.10. The Morgan fingerprint density at radius 3 is 2.59 bits per heavy atom. The summed E-state index contributed by atoms with van der Waals surface area (Å²) in [7, 11) is 0. The second kappa shape index (κ2) is 7.62. The average Bonchev–Trinajstić information content (AvgIpc) is 3.13. The minimum Gasteiger partial charge on any atom is -0.451 e. The first-order valence-electron chi connectivity index (χ1n) is 9.21. The van der Waals surface area contributed by atoms with Gasteiger partial charge in [0.15, 0.2) is 5.76 Å². The monoisotopic (exact) mass is 383 g/mol. The maximum absolute atomic E-state index is 12.5. The molecule has 4 rings (SSSR count). The van der Waals surface area contributed by atoms with Gasteiger partial charge in [-0.15, -0.1) is 0 Å². The van der Waals surface area contributed by atoms with Gasteiger partial charge in [0.1, 0.15) is 5.58 Å². The standard InChI is InChI=1S/C21H22ClN3O2/c1-2-24-9-11-25(12-10-24)18-8-7-16(14-17(18)22)23-21(26)20-13-15-5-3-4-6-19(15)27-20/h3-8,13-14H,2,9-12H2,1H3,(H,23,26). The van der Waals surface area contributed by atoms with Gasteiger partial charge >= 0.3 is 0 Å². The van der Waals surface area contributed by atoms with Crippen molar-refractivity contribution in [3.8, 4) is 0 Å². The highest BCUT2D eigenvalue weighted by atomic mass is 35.5. The van der Waals surface area contributed by atoms with E-state index in [9.17, 15) is 4.79 Å². The molecule has 0 spiro atoms. The molecule has 1 saturated heterocycles. The topological polar surface area (TPSA) is 48.7 Å². The summed E-state index contributed by atoms with van der Waals surface area (Å²) < 4.78 is 5.61. The third-order valence-electron chi connectivity index (χ3n) is 5.02. The third-order valence-corrected chi connectivity index (χ3v) is 5.32. The van der Waals surface area contributed by atoms with Crippen molar-refractivity contribution in [2.24, 2.45) is 0 Å². The molecule has 1 aliphatic heterocycles. The number of benzene rings is 2. The molecule has 140 valence electrons. The zero-order valence-corrected chi connectivity index (χ0v) is 16.0. The van der Waals surface area contributed by atoms with E-state index >= 15 is 0 Å². The van der Waals surface area contributed by atoms with E-state index in [0.717, 1.165) is 43.8 Å². The lowest BCUT2D eigenvalue weighted by atomic mass is 10.2. The molecule has 5 nitrogen and oxygen atoms in total. The number of carbonyl (C=O) groups is 1. The zero-order valence-electron chi connectivity index (χ0n) is 15.2. The molecule has 0 saturated carbocycles. The Morgan fingerprint density at radius 1 is 1.11 bits per heavy atom. The summed E-state index contributed by atoms with van der Waals surface area (Å²) >= 11 is 6.50. The van der Waals surface area contributed by atoms with Crippen molar-refractivity contribution < 1.29 is 9.21 Å². The van der Waals surface area contributed by atoms with E-state index < -0.39 is 0 Å². The number of likely N-dealkylation sites (N-methyl/N-ethyl adjacent to an activating group) is 1. The van der Waals surface area contributed by atoms with Gasteiger partial charge in [0.05, 0.1) is 10.7 Å². The average molecular weight is 384 g/mol. The lowest BCUT2D eigenvalue weighted by Crippen LogP contribution is -2.46. The van der Waals surface area contributed by atoms with Gasteiger partial charge in [-0.1, -0.05) is 36.7 Å². The Bertz CT molecular complexity index is 928. The van der Waals surface area contributed by atoms with Gasteiger partial charge in [-0.25, -0.2) is 0 Å². The molecule has 0 atom stereocenters. The fourth-order valence-electron chi connectivity index (χ4n) is 3.43. The second-order valence-electron chi connectivity index (χ2n) is 6.69. The minimum atomic E-state index is -0.286. The molecular weight excluding hydrogens is 362 g/mol. The number of rotatable bonds is 4. The summed E-state index contributed by atoms with van der Waals surface area (Å²) in [5, 5.41) is 4.41. The maximum atomic E-state index is 12.5. The van der Waals surface area contributed by atoms with Crippen LogP contribution in [0.4, 0.5) is 11.4 Å². The van der Waals surface area contributed by atoms with Gasteiger partial charge in [0.2, 0.25) is 0 Å². The Morgan fingerprint density at radius 2 is 1.89 bits per heavy atom. The quantitative estimate of drug-likeness (QED) is 0.721. The summed E-state index contributed by atoms with van der Waals surface area (Å²) in [6.45, 7) is 7.25. The van der Waals surface area contributed by atoms with E-state index in [2.05, 4.69) is 22.0 Å². The van der Waals surface area contributed by atoms with E-state index in [4.69, 9.17) is 16.0 Å². The summed E-state index contributed by atoms with van der Waals surface area (Å²) in [4.78, 5) is 17.2.